The Balaban J connectivity index is 1.99. The van der Waals surface area contributed by atoms with Crippen LogP contribution in [0.5, 0.6) is 0 Å². The van der Waals surface area contributed by atoms with Crippen molar-refractivity contribution in [1.82, 2.24) is 29.3 Å². The van der Waals surface area contributed by atoms with Crippen LogP contribution in [0, 0.1) is 0 Å². The third-order valence-corrected chi connectivity index (χ3v) is 4.83. The SMILES string of the molecule is CCc1nccnc1-n1nc(-c2ccncc2Cl)n(-c2ccc(C(F)(F)F)cc2)c1=O. The van der Waals surface area contributed by atoms with E-state index in [9.17, 15) is 18.0 Å². The molecule has 1 aromatic carbocycles. The van der Waals surface area contributed by atoms with Gasteiger partial charge in [0.1, 0.15) is 0 Å². The third kappa shape index (κ3) is 3.81. The number of alkyl halides is 3. The van der Waals surface area contributed by atoms with Crippen molar-refractivity contribution in [2.75, 3.05) is 0 Å². The Kier molecular flexibility index (Phi) is 5.32. The second-order valence-corrected chi connectivity index (χ2v) is 6.84. The maximum absolute atomic E-state index is 13.3. The summed E-state index contributed by atoms with van der Waals surface area (Å²) in [6, 6.07) is 5.76. The molecule has 0 spiro atoms. The van der Waals surface area contributed by atoms with E-state index in [1.165, 1.54) is 41.5 Å². The van der Waals surface area contributed by atoms with Crippen LogP contribution in [0.15, 0.2) is 59.9 Å². The summed E-state index contributed by atoms with van der Waals surface area (Å²) in [5.41, 5.74) is -0.349. The first-order chi connectivity index (χ1) is 14.8. The fraction of sp³-hybridized carbons (Fsp3) is 0.150. The minimum Gasteiger partial charge on any atom is -0.263 e. The fourth-order valence-corrected chi connectivity index (χ4v) is 3.26. The van der Waals surface area contributed by atoms with Crippen molar-refractivity contribution in [3.8, 4) is 22.9 Å². The smallest absolute Gasteiger partial charge is 0.263 e. The lowest BCUT2D eigenvalue weighted by Crippen LogP contribution is -2.25. The Morgan fingerprint density at radius 2 is 1.74 bits per heavy atom. The van der Waals surface area contributed by atoms with Crippen LogP contribution in [0.4, 0.5) is 13.2 Å². The summed E-state index contributed by atoms with van der Waals surface area (Å²) in [6.45, 7) is 1.85. The van der Waals surface area contributed by atoms with Gasteiger partial charge in [-0.25, -0.2) is 14.3 Å². The molecule has 4 rings (SSSR count). The number of aromatic nitrogens is 6. The molecule has 0 aliphatic carbocycles. The number of nitrogens with zero attached hydrogens (tertiary/aromatic N) is 6. The zero-order chi connectivity index (χ0) is 22.2. The Bertz CT molecular complexity index is 1300. The van der Waals surface area contributed by atoms with Crippen molar-refractivity contribution in [1.29, 1.82) is 0 Å². The summed E-state index contributed by atoms with van der Waals surface area (Å²) >= 11 is 6.27. The van der Waals surface area contributed by atoms with Crippen molar-refractivity contribution in [2.45, 2.75) is 19.5 Å². The molecule has 0 aliphatic heterocycles. The van der Waals surface area contributed by atoms with E-state index in [-0.39, 0.29) is 22.4 Å². The van der Waals surface area contributed by atoms with Gasteiger partial charge in [0.05, 0.1) is 22.0 Å². The first-order valence-electron chi connectivity index (χ1n) is 9.11. The van der Waals surface area contributed by atoms with Crippen LogP contribution in [0.2, 0.25) is 5.02 Å². The number of hydrogen-bond donors (Lipinski definition) is 0. The molecule has 0 N–H and O–H groups in total. The van der Waals surface area contributed by atoms with Gasteiger partial charge in [0.25, 0.3) is 0 Å². The lowest BCUT2D eigenvalue weighted by Gasteiger charge is -2.09. The Morgan fingerprint density at radius 3 is 2.39 bits per heavy atom. The Labute approximate surface area is 178 Å². The van der Waals surface area contributed by atoms with Gasteiger partial charge < -0.3 is 0 Å². The summed E-state index contributed by atoms with van der Waals surface area (Å²) in [5.74, 6) is 0.358. The number of pyridine rings is 1. The first kappa shape index (κ1) is 20.7. The monoisotopic (exact) mass is 446 g/mol. The summed E-state index contributed by atoms with van der Waals surface area (Å²) in [4.78, 5) is 25.7. The zero-order valence-electron chi connectivity index (χ0n) is 16.0. The van der Waals surface area contributed by atoms with Gasteiger partial charge in [-0.1, -0.05) is 18.5 Å². The van der Waals surface area contributed by atoms with Gasteiger partial charge in [0, 0.05) is 30.4 Å². The maximum atomic E-state index is 13.3. The molecule has 0 bridgehead atoms. The van der Waals surface area contributed by atoms with E-state index in [4.69, 9.17) is 11.6 Å². The topological polar surface area (TPSA) is 78.5 Å². The van der Waals surface area contributed by atoms with E-state index in [1.54, 1.807) is 6.07 Å². The van der Waals surface area contributed by atoms with E-state index in [1.807, 2.05) is 6.92 Å². The average Bonchev–Trinajstić information content (AvgIpc) is 3.10. The van der Waals surface area contributed by atoms with Crippen molar-refractivity contribution < 1.29 is 13.2 Å². The van der Waals surface area contributed by atoms with Crippen LogP contribution >= 0.6 is 11.6 Å². The molecule has 0 radical (unpaired) electrons. The number of rotatable bonds is 4. The summed E-state index contributed by atoms with van der Waals surface area (Å²) < 4.78 is 41.2. The third-order valence-electron chi connectivity index (χ3n) is 4.53. The predicted molar refractivity (Wildman–Crippen MR) is 107 cm³/mol. The van der Waals surface area contributed by atoms with Gasteiger partial charge in [0.15, 0.2) is 11.6 Å². The number of hydrogen-bond acceptors (Lipinski definition) is 5. The lowest BCUT2D eigenvalue weighted by atomic mass is 10.2. The molecule has 0 saturated carbocycles. The molecule has 0 saturated heterocycles. The minimum atomic E-state index is -4.50. The van der Waals surface area contributed by atoms with Crippen LogP contribution in [0.1, 0.15) is 18.2 Å². The molecular weight excluding hydrogens is 433 g/mol. The van der Waals surface area contributed by atoms with Gasteiger partial charge in [-0.2, -0.15) is 17.9 Å². The molecule has 11 heteroatoms. The van der Waals surface area contributed by atoms with E-state index in [2.05, 4.69) is 20.1 Å². The lowest BCUT2D eigenvalue weighted by molar-refractivity contribution is -0.137. The highest BCUT2D eigenvalue weighted by Crippen LogP contribution is 2.31. The van der Waals surface area contributed by atoms with E-state index in [0.29, 0.717) is 17.7 Å². The van der Waals surface area contributed by atoms with Gasteiger partial charge in [-0.05, 0) is 36.8 Å². The highest BCUT2D eigenvalue weighted by atomic mass is 35.5. The molecule has 31 heavy (non-hydrogen) atoms. The molecule has 0 unspecified atom stereocenters. The largest absolute Gasteiger partial charge is 0.416 e. The van der Waals surface area contributed by atoms with Crippen molar-refractivity contribution in [3.05, 3.63) is 81.9 Å². The normalized spacial score (nSPS) is 11.6. The molecule has 3 heterocycles. The van der Waals surface area contributed by atoms with Crippen LogP contribution in [-0.4, -0.2) is 29.3 Å². The standard InChI is InChI=1S/C20H14ClF3N6O/c1-2-16-18(27-10-9-26-16)30-19(31)29(13-5-3-12(4-6-13)20(22,23)24)17(28-30)14-7-8-25-11-15(14)21/h3-11H,2H2,1H3. The van der Waals surface area contributed by atoms with Gasteiger partial charge in [-0.15, -0.1) is 5.10 Å². The molecule has 0 amide bonds. The molecule has 0 atom stereocenters. The number of aryl methyl sites for hydroxylation is 1. The van der Waals surface area contributed by atoms with Crippen molar-refractivity contribution in [2.24, 2.45) is 0 Å². The summed E-state index contributed by atoms with van der Waals surface area (Å²) in [5, 5.41) is 4.62. The second-order valence-electron chi connectivity index (χ2n) is 6.43. The highest BCUT2D eigenvalue weighted by molar-refractivity contribution is 6.33. The number of halogens is 4. The van der Waals surface area contributed by atoms with Crippen LogP contribution < -0.4 is 5.69 Å². The van der Waals surface area contributed by atoms with Gasteiger partial charge in [0.2, 0.25) is 0 Å². The summed E-state index contributed by atoms with van der Waals surface area (Å²) in [7, 11) is 0. The van der Waals surface area contributed by atoms with Crippen LogP contribution in [0.3, 0.4) is 0 Å². The Hall–Kier alpha value is -3.53. The van der Waals surface area contributed by atoms with Crippen molar-refractivity contribution in [3.63, 3.8) is 0 Å². The molecule has 158 valence electrons. The molecule has 3 aromatic heterocycles. The number of benzene rings is 1. The molecule has 0 fully saturated rings. The molecule has 0 aliphatic rings. The zero-order valence-corrected chi connectivity index (χ0v) is 16.8. The first-order valence-corrected chi connectivity index (χ1v) is 9.49. The van der Waals surface area contributed by atoms with E-state index in [0.717, 1.165) is 16.8 Å². The second kappa shape index (κ2) is 7.95. The average molecular weight is 447 g/mol. The van der Waals surface area contributed by atoms with Crippen LogP contribution in [0.25, 0.3) is 22.9 Å². The minimum absolute atomic E-state index is 0.130. The predicted octanol–water partition coefficient (Wildman–Crippen LogP) is 4.11. The Morgan fingerprint density at radius 1 is 1.03 bits per heavy atom. The van der Waals surface area contributed by atoms with Gasteiger partial charge in [-0.3, -0.25) is 9.97 Å². The molecule has 7 nitrogen and oxygen atoms in total. The highest BCUT2D eigenvalue weighted by Gasteiger charge is 2.30. The molecule has 4 aromatic rings. The maximum Gasteiger partial charge on any atom is 0.416 e. The van der Waals surface area contributed by atoms with Gasteiger partial charge >= 0.3 is 11.9 Å². The van der Waals surface area contributed by atoms with E-state index < -0.39 is 17.4 Å². The van der Waals surface area contributed by atoms with E-state index >= 15 is 0 Å². The fourth-order valence-electron chi connectivity index (χ4n) is 3.05. The molecular formula is C20H14ClF3N6O. The summed E-state index contributed by atoms with van der Waals surface area (Å²) in [6.07, 6.45) is 1.78. The quantitative estimate of drug-likeness (QED) is 0.471. The van der Waals surface area contributed by atoms with Crippen molar-refractivity contribution >= 4 is 11.6 Å². The van der Waals surface area contributed by atoms with Crippen LogP contribution in [-0.2, 0) is 12.6 Å².